The number of urea groups is 1. The van der Waals surface area contributed by atoms with E-state index in [0.29, 0.717) is 19.6 Å². The molecule has 1 aromatic carbocycles. The topological polar surface area (TPSA) is 52.7 Å². The number of carbonyl (C=O) groups excluding carboxylic acids is 2. The number of carbonyl (C=O) groups is 2. The van der Waals surface area contributed by atoms with Gasteiger partial charge in [-0.3, -0.25) is 14.6 Å². The Hall–Kier alpha value is -1.88. The molecule has 0 unspecified atom stereocenters. The van der Waals surface area contributed by atoms with E-state index in [0.717, 1.165) is 0 Å². The fourth-order valence-electron chi connectivity index (χ4n) is 2.40. The first-order valence-electron chi connectivity index (χ1n) is 6.80. The number of hydrogen-bond acceptors (Lipinski definition) is 3. The lowest BCUT2D eigenvalue weighted by atomic mass is 10.1. The molecule has 3 amide bonds. The summed E-state index contributed by atoms with van der Waals surface area (Å²) in [7, 11) is 1.89. The van der Waals surface area contributed by atoms with Gasteiger partial charge in [0.05, 0.1) is 6.54 Å². The van der Waals surface area contributed by atoms with E-state index < -0.39 is 0 Å². The van der Waals surface area contributed by atoms with Crippen LogP contribution in [0.25, 0.3) is 0 Å². The van der Waals surface area contributed by atoms with Gasteiger partial charge in [-0.05, 0) is 32.0 Å². The van der Waals surface area contributed by atoms with Gasteiger partial charge in [-0.2, -0.15) is 0 Å². The molecule has 108 valence electrons. The maximum absolute atomic E-state index is 12.0. The highest BCUT2D eigenvalue weighted by atomic mass is 16.2. The molecule has 0 radical (unpaired) electrons. The Morgan fingerprint density at radius 1 is 1.40 bits per heavy atom. The highest BCUT2D eigenvalue weighted by Gasteiger charge is 2.26. The second-order valence-corrected chi connectivity index (χ2v) is 5.38. The van der Waals surface area contributed by atoms with E-state index >= 15 is 0 Å². The van der Waals surface area contributed by atoms with Gasteiger partial charge in [-0.15, -0.1) is 0 Å². The summed E-state index contributed by atoms with van der Waals surface area (Å²) >= 11 is 0. The van der Waals surface area contributed by atoms with Crippen molar-refractivity contribution < 1.29 is 9.59 Å². The van der Waals surface area contributed by atoms with Crippen molar-refractivity contribution in [1.82, 2.24) is 15.1 Å². The van der Waals surface area contributed by atoms with Crippen molar-refractivity contribution in [1.29, 1.82) is 0 Å². The number of benzene rings is 1. The maximum atomic E-state index is 12.0. The van der Waals surface area contributed by atoms with Gasteiger partial charge in [0.15, 0.2) is 0 Å². The van der Waals surface area contributed by atoms with Crippen LogP contribution in [0, 0.1) is 13.8 Å². The van der Waals surface area contributed by atoms with Crippen LogP contribution >= 0.6 is 0 Å². The molecule has 0 spiro atoms. The molecule has 20 heavy (non-hydrogen) atoms. The molecule has 1 aliphatic heterocycles. The Balaban J connectivity index is 1.93. The zero-order chi connectivity index (χ0) is 14.7. The van der Waals surface area contributed by atoms with E-state index in [4.69, 9.17) is 0 Å². The van der Waals surface area contributed by atoms with Gasteiger partial charge in [0.25, 0.3) is 0 Å². The van der Waals surface area contributed by atoms with Crippen molar-refractivity contribution in [3.63, 3.8) is 0 Å². The Kier molecular flexibility index (Phi) is 4.39. The molecule has 5 heteroatoms. The van der Waals surface area contributed by atoms with Gasteiger partial charge < -0.3 is 5.32 Å². The molecule has 0 aromatic heterocycles. The smallest absolute Gasteiger partial charge is 0.324 e. The van der Waals surface area contributed by atoms with Crippen LogP contribution in [0.4, 0.5) is 4.79 Å². The third kappa shape index (κ3) is 3.36. The predicted octanol–water partition coefficient (Wildman–Crippen LogP) is 1.29. The van der Waals surface area contributed by atoms with Crippen molar-refractivity contribution in [3.8, 4) is 0 Å². The Morgan fingerprint density at radius 3 is 2.75 bits per heavy atom. The molecule has 1 fully saturated rings. The van der Waals surface area contributed by atoms with E-state index in [1.807, 2.05) is 11.9 Å². The van der Waals surface area contributed by atoms with E-state index in [2.05, 4.69) is 37.4 Å². The van der Waals surface area contributed by atoms with Crippen LogP contribution in [0.1, 0.15) is 16.7 Å². The molecule has 0 aliphatic carbocycles. The molecule has 1 saturated heterocycles. The Morgan fingerprint density at radius 2 is 2.15 bits per heavy atom. The lowest BCUT2D eigenvalue weighted by Crippen LogP contribution is -2.40. The van der Waals surface area contributed by atoms with Crippen LogP contribution in [-0.2, 0) is 11.3 Å². The first-order chi connectivity index (χ1) is 9.47. The fraction of sp³-hybridized carbons (Fsp3) is 0.467. The van der Waals surface area contributed by atoms with Crippen molar-refractivity contribution in [2.45, 2.75) is 20.4 Å². The molecule has 5 nitrogen and oxygen atoms in total. The summed E-state index contributed by atoms with van der Waals surface area (Å²) in [4.78, 5) is 26.7. The summed E-state index contributed by atoms with van der Waals surface area (Å²) < 4.78 is 0. The zero-order valence-electron chi connectivity index (χ0n) is 12.3. The molecule has 0 saturated carbocycles. The van der Waals surface area contributed by atoms with E-state index in [1.165, 1.54) is 21.6 Å². The lowest BCUT2D eigenvalue weighted by Gasteiger charge is -2.20. The molecule has 1 aromatic rings. The number of nitrogens with zero attached hydrogens (tertiary/aromatic N) is 2. The first kappa shape index (κ1) is 14.5. The average Bonchev–Trinajstić information content (AvgIpc) is 2.79. The summed E-state index contributed by atoms with van der Waals surface area (Å²) in [5.41, 5.74) is 3.67. The number of aryl methyl sites for hydroxylation is 2. The summed E-state index contributed by atoms with van der Waals surface area (Å²) in [6.45, 7) is 6.11. The molecule has 1 aliphatic rings. The average molecular weight is 275 g/mol. The van der Waals surface area contributed by atoms with Crippen LogP contribution in [0.3, 0.4) is 0 Å². The number of likely N-dealkylation sites (N-methyl/N-ethyl adjacent to an activating group) is 1. The van der Waals surface area contributed by atoms with E-state index in [1.54, 1.807) is 0 Å². The van der Waals surface area contributed by atoms with Gasteiger partial charge in [-0.25, -0.2) is 4.79 Å². The Labute approximate surface area is 119 Å². The largest absolute Gasteiger partial charge is 0.336 e. The van der Waals surface area contributed by atoms with E-state index in [9.17, 15) is 9.59 Å². The summed E-state index contributed by atoms with van der Waals surface area (Å²) in [5, 5.41) is 2.64. The summed E-state index contributed by atoms with van der Waals surface area (Å²) in [5.74, 6) is -0.146. The molecular weight excluding hydrogens is 254 g/mol. The second kappa shape index (κ2) is 6.05. The van der Waals surface area contributed by atoms with Gasteiger partial charge in [-0.1, -0.05) is 23.8 Å². The number of rotatable bonds is 4. The number of hydrogen-bond donors (Lipinski definition) is 1. The molecule has 0 atom stereocenters. The van der Waals surface area contributed by atoms with Gasteiger partial charge in [0.1, 0.15) is 0 Å². The quantitative estimate of drug-likeness (QED) is 0.901. The number of amides is 3. The minimum Gasteiger partial charge on any atom is -0.336 e. The van der Waals surface area contributed by atoms with Crippen LogP contribution in [0.15, 0.2) is 18.2 Å². The molecule has 0 bridgehead atoms. The Bertz CT molecular complexity index is 528. The first-order valence-corrected chi connectivity index (χ1v) is 6.80. The normalized spacial score (nSPS) is 14.8. The van der Waals surface area contributed by atoms with Crippen LogP contribution in [0.2, 0.25) is 0 Å². The standard InChI is InChI=1S/C15H21N3O2/c1-11-4-5-13(12(2)8-11)9-17(3)10-14(19)18-7-6-16-15(18)20/h4-5,8H,6-7,9-10H2,1-3H3,(H,16,20). The highest BCUT2D eigenvalue weighted by Crippen LogP contribution is 2.12. The highest BCUT2D eigenvalue weighted by molar-refractivity contribution is 5.96. The summed E-state index contributed by atoms with van der Waals surface area (Å²) in [6.07, 6.45) is 0. The van der Waals surface area contributed by atoms with Gasteiger partial charge in [0.2, 0.25) is 5.91 Å². The minimum atomic E-state index is -0.282. The van der Waals surface area contributed by atoms with Gasteiger partial charge in [0, 0.05) is 19.6 Å². The minimum absolute atomic E-state index is 0.146. The second-order valence-electron chi connectivity index (χ2n) is 5.38. The molecule has 2 rings (SSSR count). The predicted molar refractivity (Wildman–Crippen MR) is 77.4 cm³/mol. The monoisotopic (exact) mass is 275 g/mol. The maximum Gasteiger partial charge on any atom is 0.324 e. The van der Waals surface area contributed by atoms with Crippen LogP contribution < -0.4 is 5.32 Å². The molecular formula is C15H21N3O2. The SMILES string of the molecule is Cc1ccc(CN(C)CC(=O)N2CCNC2=O)c(C)c1. The van der Waals surface area contributed by atoms with E-state index in [-0.39, 0.29) is 18.5 Å². The number of imide groups is 1. The van der Waals surface area contributed by atoms with Crippen molar-refractivity contribution in [2.75, 3.05) is 26.7 Å². The fourth-order valence-corrected chi connectivity index (χ4v) is 2.40. The van der Waals surface area contributed by atoms with Gasteiger partial charge >= 0.3 is 6.03 Å². The number of nitrogens with one attached hydrogen (secondary N) is 1. The zero-order valence-corrected chi connectivity index (χ0v) is 12.3. The van der Waals surface area contributed by atoms with Crippen LogP contribution in [0.5, 0.6) is 0 Å². The molecule has 1 N–H and O–H groups in total. The lowest BCUT2D eigenvalue weighted by molar-refractivity contribution is -0.128. The van der Waals surface area contributed by atoms with Crippen LogP contribution in [-0.4, -0.2) is 48.4 Å². The summed E-state index contributed by atoms with van der Waals surface area (Å²) in [6, 6.07) is 6.02. The van der Waals surface area contributed by atoms with Crippen molar-refractivity contribution in [2.24, 2.45) is 0 Å². The third-order valence-corrected chi connectivity index (χ3v) is 3.50. The molecule has 1 heterocycles. The van der Waals surface area contributed by atoms with Crippen molar-refractivity contribution >= 4 is 11.9 Å². The van der Waals surface area contributed by atoms with Crippen molar-refractivity contribution in [3.05, 3.63) is 34.9 Å². The third-order valence-electron chi connectivity index (χ3n) is 3.50.